The fraction of sp³-hybridized carbons (Fsp3) is 0.421. The van der Waals surface area contributed by atoms with Crippen LogP contribution in [0.3, 0.4) is 0 Å². The van der Waals surface area contributed by atoms with Crippen LogP contribution in [0.2, 0.25) is 0 Å². The number of hydrogen-bond donors (Lipinski definition) is 0. The number of hydrogen-bond acceptors (Lipinski definition) is 4. The molecule has 24 heavy (non-hydrogen) atoms. The molecule has 1 saturated heterocycles. The summed E-state index contributed by atoms with van der Waals surface area (Å²) < 4.78 is 1.83. The fourth-order valence-electron chi connectivity index (χ4n) is 3.72. The first-order valence-corrected chi connectivity index (χ1v) is 8.68. The first-order valence-electron chi connectivity index (χ1n) is 8.68. The van der Waals surface area contributed by atoms with Gasteiger partial charge in [0.2, 0.25) is 0 Å². The van der Waals surface area contributed by atoms with E-state index in [0.717, 1.165) is 42.2 Å². The van der Waals surface area contributed by atoms with Crippen LogP contribution in [0.4, 0.5) is 5.82 Å². The smallest absolute Gasteiger partial charge is 0.163 e. The number of rotatable bonds is 2. The van der Waals surface area contributed by atoms with E-state index in [2.05, 4.69) is 45.3 Å². The first kappa shape index (κ1) is 15.1. The third-order valence-electron chi connectivity index (χ3n) is 4.98. The Kier molecular flexibility index (Phi) is 3.92. The summed E-state index contributed by atoms with van der Waals surface area (Å²) in [7, 11) is 1.94. The van der Waals surface area contributed by atoms with Crippen LogP contribution in [0.5, 0.6) is 0 Å². The zero-order valence-electron chi connectivity index (χ0n) is 14.3. The lowest BCUT2D eigenvalue weighted by molar-refractivity contribution is 0.612. The Bertz CT molecular complexity index is 840. The predicted molar refractivity (Wildman–Crippen MR) is 96.3 cm³/mol. The van der Waals surface area contributed by atoms with Gasteiger partial charge >= 0.3 is 0 Å². The Morgan fingerprint density at radius 2 is 1.88 bits per heavy atom. The molecule has 5 heteroatoms. The molecule has 0 spiro atoms. The van der Waals surface area contributed by atoms with Crippen molar-refractivity contribution in [3.63, 3.8) is 0 Å². The molecule has 0 amide bonds. The first-order chi connectivity index (χ1) is 11.7. The van der Waals surface area contributed by atoms with Gasteiger partial charge in [0, 0.05) is 20.1 Å². The summed E-state index contributed by atoms with van der Waals surface area (Å²) in [5.41, 5.74) is 2.38. The molecule has 0 bridgehead atoms. The van der Waals surface area contributed by atoms with E-state index in [1.807, 2.05) is 24.9 Å². The Labute approximate surface area is 142 Å². The zero-order chi connectivity index (χ0) is 16.5. The molecule has 1 aliphatic rings. The second-order valence-electron chi connectivity index (χ2n) is 6.63. The van der Waals surface area contributed by atoms with Gasteiger partial charge in [-0.15, -0.1) is 0 Å². The molecular weight excluding hydrogens is 298 g/mol. The molecule has 0 unspecified atom stereocenters. The van der Waals surface area contributed by atoms with E-state index in [9.17, 15) is 0 Å². The number of aryl methyl sites for hydroxylation is 2. The van der Waals surface area contributed by atoms with Crippen LogP contribution in [0.25, 0.3) is 11.0 Å². The van der Waals surface area contributed by atoms with E-state index in [1.54, 1.807) is 0 Å². The molecule has 3 aromatic rings. The van der Waals surface area contributed by atoms with Crippen molar-refractivity contribution in [1.82, 2.24) is 19.7 Å². The Balaban J connectivity index is 1.62. The van der Waals surface area contributed by atoms with Gasteiger partial charge in [0.05, 0.1) is 11.6 Å². The van der Waals surface area contributed by atoms with Crippen LogP contribution in [0.1, 0.15) is 36.6 Å². The van der Waals surface area contributed by atoms with Crippen molar-refractivity contribution in [3.8, 4) is 0 Å². The third kappa shape index (κ3) is 2.75. The Hall–Kier alpha value is -2.43. The second kappa shape index (κ2) is 6.23. The Morgan fingerprint density at radius 3 is 2.71 bits per heavy atom. The van der Waals surface area contributed by atoms with Crippen molar-refractivity contribution < 1.29 is 0 Å². The van der Waals surface area contributed by atoms with Gasteiger partial charge in [-0.25, -0.2) is 9.97 Å². The maximum absolute atomic E-state index is 4.74. The molecule has 4 rings (SSSR count). The van der Waals surface area contributed by atoms with Crippen LogP contribution in [0, 0.1) is 6.92 Å². The minimum atomic E-state index is 0.642. The number of nitrogens with zero attached hydrogens (tertiary/aromatic N) is 5. The number of fused-ring (bicyclic) bond motifs is 1. The quantitative estimate of drug-likeness (QED) is 0.725. The predicted octanol–water partition coefficient (Wildman–Crippen LogP) is 3.45. The number of aromatic nitrogens is 4. The van der Waals surface area contributed by atoms with Gasteiger partial charge in [0.25, 0.3) is 0 Å². The standard InChI is InChI=1S/C19H23N5/c1-14-21-18-17(13-20-23(18)2)19(22-14)24-11-6-9-16(10-12-24)15-7-4-3-5-8-15/h3-5,7-8,13,16H,6,9-12H2,1-2H3/t16-/m1/s1. The van der Waals surface area contributed by atoms with E-state index in [4.69, 9.17) is 4.98 Å². The van der Waals surface area contributed by atoms with Gasteiger partial charge in [-0.05, 0) is 37.7 Å². The van der Waals surface area contributed by atoms with Gasteiger partial charge in [-0.2, -0.15) is 5.10 Å². The van der Waals surface area contributed by atoms with Crippen LogP contribution in [-0.4, -0.2) is 32.8 Å². The zero-order valence-corrected chi connectivity index (χ0v) is 14.3. The van der Waals surface area contributed by atoms with E-state index in [1.165, 1.54) is 18.4 Å². The highest BCUT2D eigenvalue weighted by molar-refractivity contribution is 5.86. The normalized spacial score (nSPS) is 18.8. The highest BCUT2D eigenvalue weighted by Crippen LogP contribution is 2.31. The molecule has 1 fully saturated rings. The van der Waals surface area contributed by atoms with E-state index in [0.29, 0.717) is 5.92 Å². The second-order valence-corrected chi connectivity index (χ2v) is 6.63. The monoisotopic (exact) mass is 321 g/mol. The van der Waals surface area contributed by atoms with Gasteiger partial charge in [-0.1, -0.05) is 30.3 Å². The van der Waals surface area contributed by atoms with Gasteiger partial charge < -0.3 is 4.90 Å². The molecule has 3 heterocycles. The van der Waals surface area contributed by atoms with E-state index < -0.39 is 0 Å². The summed E-state index contributed by atoms with van der Waals surface area (Å²) in [5.74, 6) is 2.49. The SMILES string of the molecule is Cc1nc(N2CCC[C@@H](c3ccccc3)CC2)c2cnn(C)c2n1. The molecule has 2 aromatic heterocycles. The summed E-state index contributed by atoms with van der Waals surface area (Å²) in [6.45, 7) is 4.03. The lowest BCUT2D eigenvalue weighted by Gasteiger charge is -2.22. The maximum Gasteiger partial charge on any atom is 0.163 e. The van der Waals surface area contributed by atoms with E-state index >= 15 is 0 Å². The van der Waals surface area contributed by atoms with Crippen molar-refractivity contribution in [3.05, 3.63) is 47.9 Å². The van der Waals surface area contributed by atoms with Gasteiger partial charge in [-0.3, -0.25) is 4.68 Å². The highest BCUT2D eigenvalue weighted by atomic mass is 15.3. The summed E-state index contributed by atoms with van der Waals surface area (Å²) in [4.78, 5) is 11.7. The van der Waals surface area contributed by atoms with Crippen LogP contribution in [0.15, 0.2) is 36.5 Å². The molecule has 1 aliphatic heterocycles. The molecular formula is C19H23N5. The average molecular weight is 321 g/mol. The van der Waals surface area contributed by atoms with Crippen LogP contribution < -0.4 is 4.90 Å². The third-order valence-corrected chi connectivity index (χ3v) is 4.98. The summed E-state index contributed by atoms with van der Waals surface area (Å²) in [6, 6.07) is 10.9. The number of benzene rings is 1. The lowest BCUT2D eigenvalue weighted by Crippen LogP contribution is -2.25. The van der Waals surface area contributed by atoms with Gasteiger partial charge in [0.1, 0.15) is 11.6 Å². The number of anilines is 1. The molecule has 1 atom stereocenters. The van der Waals surface area contributed by atoms with E-state index in [-0.39, 0.29) is 0 Å². The Morgan fingerprint density at radius 1 is 1.04 bits per heavy atom. The summed E-state index contributed by atoms with van der Waals surface area (Å²) >= 11 is 0. The summed E-state index contributed by atoms with van der Waals surface area (Å²) in [5, 5.41) is 5.42. The topological polar surface area (TPSA) is 46.8 Å². The molecule has 5 nitrogen and oxygen atoms in total. The van der Waals surface area contributed by atoms with Crippen LogP contribution >= 0.6 is 0 Å². The molecule has 0 saturated carbocycles. The molecule has 0 radical (unpaired) electrons. The van der Waals surface area contributed by atoms with Gasteiger partial charge in [0.15, 0.2) is 5.65 Å². The largest absolute Gasteiger partial charge is 0.356 e. The van der Waals surface area contributed by atoms with Crippen molar-refractivity contribution >= 4 is 16.9 Å². The summed E-state index contributed by atoms with van der Waals surface area (Å²) in [6.07, 6.45) is 5.48. The molecule has 124 valence electrons. The lowest BCUT2D eigenvalue weighted by atomic mass is 9.92. The fourth-order valence-corrected chi connectivity index (χ4v) is 3.72. The van der Waals surface area contributed by atoms with Crippen molar-refractivity contribution in [2.24, 2.45) is 7.05 Å². The molecule has 0 aliphatic carbocycles. The van der Waals surface area contributed by atoms with Crippen molar-refractivity contribution in [2.45, 2.75) is 32.1 Å². The highest BCUT2D eigenvalue weighted by Gasteiger charge is 2.22. The maximum atomic E-state index is 4.74. The average Bonchev–Trinajstić information content (AvgIpc) is 2.83. The van der Waals surface area contributed by atoms with Crippen LogP contribution in [-0.2, 0) is 7.05 Å². The minimum Gasteiger partial charge on any atom is -0.356 e. The minimum absolute atomic E-state index is 0.642. The molecule has 0 N–H and O–H groups in total. The van der Waals surface area contributed by atoms with Crippen molar-refractivity contribution in [1.29, 1.82) is 0 Å². The van der Waals surface area contributed by atoms with Crippen molar-refractivity contribution in [2.75, 3.05) is 18.0 Å². The molecule has 1 aromatic carbocycles.